The van der Waals surface area contributed by atoms with Gasteiger partial charge in [0.1, 0.15) is 4.90 Å². The Morgan fingerprint density at radius 2 is 1.94 bits per heavy atom. The molecule has 2 atom stereocenters. The zero-order valence-corrected chi connectivity index (χ0v) is 10.7. The van der Waals surface area contributed by atoms with E-state index in [1.165, 1.54) is 16.7 Å². The molecule has 1 aromatic heterocycles. The van der Waals surface area contributed by atoms with E-state index in [1.54, 1.807) is 0 Å². The van der Waals surface area contributed by atoms with Crippen molar-refractivity contribution in [3.05, 3.63) is 12.4 Å². The van der Waals surface area contributed by atoms with Gasteiger partial charge in [0.25, 0.3) is 0 Å². The van der Waals surface area contributed by atoms with Crippen LogP contribution in [0, 0.1) is 5.92 Å². The fourth-order valence-corrected chi connectivity index (χ4v) is 3.84. The summed E-state index contributed by atoms with van der Waals surface area (Å²) in [6.45, 7) is 4.51. The first-order chi connectivity index (χ1) is 7.91. The quantitative estimate of drug-likeness (QED) is 0.831. The second-order valence-corrected chi connectivity index (χ2v) is 6.43. The summed E-state index contributed by atoms with van der Waals surface area (Å²) in [6.07, 6.45) is 3.40. The molecule has 2 heterocycles. The molecule has 6 nitrogen and oxygen atoms in total. The minimum Gasteiger partial charge on any atom is -0.368 e. The number of aromatic nitrogens is 2. The van der Waals surface area contributed by atoms with Crippen molar-refractivity contribution in [2.24, 2.45) is 5.92 Å². The Morgan fingerprint density at radius 3 is 2.41 bits per heavy atom. The van der Waals surface area contributed by atoms with Gasteiger partial charge in [-0.25, -0.2) is 18.4 Å². The summed E-state index contributed by atoms with van der Waals surface area (Å²) in [5.74, 6) is 0.460. The molecule has 0 spiro atoms. The van der Waals surface area contributed by atoms with Crippen LogP contribution in [0.15, 0.2) is 17.3 Å². The number of anilines is 1. The standard InChI is InChI=1S/C10H16N4O2S/c1-7-3-8(2)14(6-7)17(15,16)9-4-12-10(11)13-5-9/h4-5,7-8H,3,6H2,1-2H3,(H2,11,12,13). The molecule has 0 aliphatic carbocycles. The molecule has 0 bridgehead atoms. The third-order valence-electron chi connectivity index (χ3n) is 2.98. The van der Waals surface area contributed by atoms with Crippen LogP contribution in [0.4, 0.5) is 5.95 Å². The predicted octanol–water partition coefficient (Wildman–Crippen LogP) is 0.478. The third-order valence-corrected chi connectivity index (χ3v) is 4.91. The van der Waals surface area contributed by atoms with Crippen molar-refractivity contribution < 1.29 is 8.42 Å². The van der Waals surface area contributed by atoms with Crippen molar-refractivity contribution in [2.75, 3.05) is 12.3 Å². The Balaban J connectivity index is 2.33. The van der Waals surface area contributed by atoms with Crippen molar-refractivity contribution in [3.63, 3.8) is 0 Å². The van der Waals surface area contributed by atoms with E-state index in [0.29, 0.717) is 12.5 Å². The van der Waals surface area contributed by atoms with Crippen molar-refractivity contribution in [2.45, 2.75) is 31.2 Å². The molecule has 94 valence electrons. The average Bonchev–Trinajstić information content (AvgIpc) is 2.59. The molecule has 0 amide bonds. The summed E-state index contributed by atoms with van der Waals surface area (Å²) in [4.78, 5) is 7.55. The highest BCUT2D eigenvalue weighted by molar-refractivity contribution is 7.89. The van der Waals surface area contributed by atoms with E-state index >= 15 is 0 Å². The predicted molar refractivity (Wildman–Crippen MR) is 63.6 cm³/mol. The van der Waals surface area contributed by atoms with Crippen molar-refractivity contribution in [1.29, 1.82) is 0 Å². The Morgan fingerprint density at radius 1 is 1.35 bits per heavy atom. The summed E-state index contributed by atoms with van der Waals surface area (Å²) in [5, 5.41) is 0. The van der Waals surface area contributed by atoms with E-state index in [1.807, 2.05) is 13.8 Å². The molecule has 1 aromatic rings. The van der Waals surface area contributed by atoms with Gasteiger partial charge in [-0.3, -0.25) is 0 Å². The number of nitrogens with two attached hydrogens (primary N) is 1. The first-order valence-corrected chi connectivity index (χ1v) is 6.94. The summed E-state index contributed by atoms with van der Waals surface area (Å²) in [7, 11) is -3.48. The lowest BCUT2D eigenvalue weighted by molar-refractivity contribution is 0.405. The van der Waals surface area contributed by atoms with E-state index in [2.05, 4.69) is 9.97 Å². The summed E-state index contributed by atoms with van der Waals surface area (Å²) in [5.41, 5.74) is 5.34. The van der Waals surface area contributed by atoms with E-state index in [0.717, 1.165) is 6.42 Å². The molecule has 1 aliphatic rings. The maximum Gasteiger partial charge on any atom is 0.246 e. The SMILES string of the molecule is CC1CC(C)N(S(=O)(=O)c2cnc(N)nc2)C1. The zero-order valence-electron chi connectivity index (χ0n) is 9.87. The molecular weight excluding hydrogens is 240 g/mol. The van der Waals surface area contributed by atoms with Gasteiger partial charge in [-0.15, -0.1) is 0 Å². The summed E-state index contributed by atoms with van der Waals surface area (Å²) >= 11 is 0. The minimum atomic E-state index is -3.48. The van der Waals surface area contributed by atoms with Crippen LogP contribution in [0.2, 0.25) is 0 Å². The highest BCUT2D eigenvalue weighted by Crippen LogP contribution is 2.28. The van der Waals surface area contributed by atoms with Gasteiger partial charge in [0, 0.05) is 12.6 Å². The van der Waals surface area contributed by atoms with Gasteiger partial charge >= 0.3 is 0 Å². The van der Waals surface area contributed by atoms with Gasteiger partial charge in [-0.2, -0.15) is 4.31 Å². The molecule has 0 radical (unpaired) electrons. The lowest BCUT2D eigenvalue weighted by Crippen LogP contribution is -2.34. The summed E-state index contributed by atoms with van der Waals surface area (Å²) in [6, 6.07) is 0.0209. The molecule has 1 aliphatic heterocycles. The molecule has 2 rings (SSSR count). The average molecular weight is 256 g/mol. The first kappa shape index (κ1) is 12.3. The van der Waals surface area contributed by atoms with Gasteiger partial charge < -0.3 is 5.73 Å². The van der Waals surface area contributed by atoms with Crippen LogP contribution in [-0.4, -0.2) is 35.3 Å². The van der Waals surface area contributed by atoms with Gasteiger partial charge in [0.15, 0.2) is 0 Å². The highest BCUT2D eigenvalue weighted by atomic mass is 32.2. The van der Waals surface area contributed by atoms with Crippen LogP contribution in [0.1, 0.15) is 20.3 Å². The largest absolute Gasteiger partial charge is 0.368 e. The third kappa shape index (κ3) is 2.25. The maximum absolute atomic E-state index is 12.3. The molecule has 17 heavy (non-hydrogen) atoms. The van der Waals surface area contributed by atoms with E-state index in [4.69, 9.17) is 5.73 Å². The van der Waals surface area contributed by atoms with Gasteiger partial charge in [-0.05, 0) is 19.3 Å². The number of rotatable bonds is 2. The van der Waals surface area contributed by atoms with Crippen molar-refractivity contribution in [3.8, 4) is 0 Å². The number of hydrogen-bond acceptors (Lipinski definition) is 5. The lowest BCUT2D eigenvalue weighted by Gasteiger charge is -2.20. The van der Waals surface area contributed by atoms with Crippen molar-refractivity contribution >= 4 is 16.0 Å². The Labute approximate surface area is 101 Å². The van der Waals surface area contributed by atoms with E-state index < -0.39 is 10.0 Å². The van der Waals surface area contributed by atoms with Crippen LogP contribution in [0.5, 0.6) is 0 Å². The van der Waals surface area contributed by atoms with Gasteiger partial charge in [-0.1, -0.05) is 6.92 Å². The van der Waals surface area contributed by atoms with Gasteiger partial charge in [0.2, 0.25) is 16.0 Å². The zero-order chi connectivity index (χ0) is 12.6. The maximum atomic E-state index is 12.3. The topological polar surface area (TPSA) is 89.2 Å². The normalized spacial score (nSPS) is 26.2. The van der Waals surface area contributed by atoms with Crippen molar-refractivity contribution in [1.82, 2.24) is 14.3 Å². The molecule has 7 heteroatoms. The Kier molecular flexibility index (Phi) is 3.05. The van der Waals surface area contributed by atoms with Crippen LogP contribution in [0.25, 0.3) is 0 Å². The fraction of sp³-hybridized carbons (Fsp3) is 0.600. The second-order valence-electron chi connectivity index (χ2n) is 4.54. The fourth-order valence-electron chi connectivity index (χ4n) is 2.19. The molecule has 1 saturated heterocycles. The first-order valence-electron chi connectivity index (χ1n) is 5.50. The minimum absolute atomic E-state index is 0.0209. The molecule has 0 saturated carbocycles. The van der Waals surface area contributed by atoms with Crippen LogP contribution < -0.4 is 5.73 Å². The second kappa shape index (κ2) is 4.23. The number of sulfonamides is 1. The smallest absolute Gasteiger partial charge is 0.246 e. The Hall–Kier alpha value is -1.21. The molecule has 2 unspecified atom stereocenters. The highest BCUT2D eigenvalue weighted by Gasteiger charge is 2.36. The summed E-state index contributed by atoms with van der Waals surface area (Å²) < 4.78 is 26.1. The number of nitrogens with zero attached hydrogens (tertiary/aromatic N) is 3. The number of nitrogen functional groups attached to an aromatic ring is 1. The van der Waals surface area contributed by atoms with Crippen LogP contribution in [-0.2, 0) is 10.0 Å². The molecule has 0 aromatic carbocycles. The van der Waals surface area contributed by atoms with E-state index in [-0.39, 0.29) is 16.9 Å². The number of hydrogen-bond donors (Lipinski definition) is 1. The van der Waals surface area contributed by atoms with Crippen LogP contribution >= 0.6 is 0 Å². The molecular formula is C10H16N4O2S. The lowest BCUT2D eigenvalue weighted by atomic mass is 10.1. The van der Waals surface area contributed by atoms with Gasteiger partial charge in [0.05, 0.1) is 12.4 Å². The monoisotopic (exact) mass is 256 g/mol. The Bertz CT molecular complexity index is 500. The molecule has 1 fully saturated rings. The molecule has 2 N–H and O–H groups in total. The van der Waals surface area contributed by atoms with E-state index in [9.17, 15) is 8.42 Å². The van der Waals surface area contributed by atoms with Crippen LogP contribution in [0.3, 0.4) is 0 Å².